The van der Waals surface area contributed by atoms with Crippen molar-refractivity contribution in [3.63, 3.8) is 0 Å². The SMILES string of the molecule is CN1C(=O)[C@]23C=C[C@H]1[C@@H]1C=C[C@]2(NC1=O)[C@@H](O)CCC3. The van der Waals surface area contributed by atoms with Crippen molar-refractivity contribution in [3.05, 3.63) is 24.3 Å². The lowest BCUT2D eigenvalue weighted by Gasteiger charge is -2.59. The van der Waals surface area contributed by atoms with Crippen molar-refractivity contribution in [3.8, 4) is 0 Å². The van der Waals surface area contributed by atoms with Crippen molar-refractivity contribution in [2.45, 2.75) is 36.9 Å². The Morgan fingerprint density at radius 3 is 2.90 bits per heavy atom. The van der Waals surface area contributed by atoms with Crippen molar-refractivity contribution in [1.29, 1.82) is 0 Å². The van der Waals surface area contributed by atoms with Crippen molar-refractivity contribution in [2.24, 2.45) is 11.3 Å². The molecule has 0 radical (unpaired) electrons. The molecule has 4 bridgehead atoms. The van der Waals surface area contributed by atoms with Crippen LogP contribution in [0, 0.1) is 11.3 Å². The predicted molar refractivity (Wildman–Crippen MR) is 71.5 cm³/mol. The predicted octanol–water partition coefficient (Wildman–Crippen LogP) is -0.0310. The van der Waals surface area contributed by atoms with Gasteiger partial charge >= 0.3 is 0 Å². The second-order valence-electron chi connectivity index (χ2n) is 6.39. The summed E-state index contributed by atoms with van der Waals surface area (Å²) in [6, 6.07) is -0.221. The van der Waals surface area contributed by atoms with Crippen LogP contribution in [0.15, 0.2) is 24.3 Å². The Hall–Kier alpha value is -1.62. The van der Waals surface area contributed by atoms with Gasteiger partial charge in [-0.3, -0.25) is 9.59 Å². The second kappa shape index (κ2) is 3.52. The first-order valence-electron chi connectivity index (χ1n) is 7.18. The molecule has 20 heavy (non-hydrogen) atoms. The van der Waals surface area contributed by atoms with Crippen molar-refractivity contribution >= 4 is 11.8 Å². The quantitative estimate of drug-likeness (QED) is 0.609. The van der Waals surface area contributed by atoms with Crippen LogP contribution in [-0.4, -0.2) is 46.6 Å². The van der Waals surface area contributed by atoms with Crippen LogP contribution in [0.1, 0.15) is 19.3 Å². The van der Waals surface area contributed by atoms with Crippen LogP contribution in [0.3, 0.4) is 0 Å². The van der Waals surface area contributed by atoms with Gasteiger partial charge in [-0.2, -0.15) is 0 Å². The summed E-state index contributed by atoms with van der Waals surface area (Å²) in [7, 11) is 1.76. The van der Waals surface area contributed by atoms with Gasteiger partial charge in [-0.1, -0.05) is 24.3 Å². The van der Waals surface area contributed by atoms with Crippen molar-refractivity contribution in [2.75, 3.05) is 7.05 Å². The molecule has 0 aromatic carbocycles. The summed E-state index contributed by atoms with van der Waals surface area (Å²) in [6.07, 6.45) is 8.99. The Morgan fingerprint density at radius 1 is 1.35 bits per heavy atom. The molecule has 5 atom stereocenters. The number of rotatable bonds is 0. The van der Waals surface area contributed by atoms with Crippen LogP contribution in [0.2, 0.25) is 0 Å². The Kier molecular flexibility index (Phi) is 2.14. The summed E-state index contributed by atoms with van der Waals surface area (Å²) in [5.41, 5.74) is -1.82. The highest BCUT2D eigenvalue weighted by Gasteiger charge is 2.65. The lowest BCUT2D eigenvalue weighted by atomic mass is 9.54. The van der Waals surface area contributed by atoms with E-state index in [2.05, 4.69) is 5.32 Å². The van der Waals surface area contributed by atoms with E-state index >= 15 is 0 Å². The van der Waals surface area contributed by atoms with E-state index in [-0.39, 0.29) is 23.8 Å². The number of nitrogens with zero attached hydrogens (tertiary/aromatic N) is 1. The smallest absolute Gasteiger partial charge is 0.235 e. The highest BCUT2D eigenvalue weighted by atomic mass is 16.3. The second-order valence-corrected chi connectivity index (χ2v) is 6.39. The van der Waals surface area contributed by atoms with Gasteiger partial charge in [0.1, 0.15) is 5.54 Å². The first-order valence-corrected chi connectivity index (χ1v) is 7.18. The lowest BCUT2D eigenvalue weighted by Crippen LogP contribution is -2.76. The summed E-state index contributed by atoms with van der Waals surface area (Å²) in [5, 5.41) is 13.5. The van der Waals surface area contributed by atoms with E-state index in [4.69, 9.17) is 0 Å². The number of amides is 2. The maximum absolute atomic E-state index is 12.9. The fraction of sp³-hybridized carbons (Fsp3) is 0.600. The zero-order valence-corrected chi connectivity index (χ0v) is 11.4. The molecular weight excluding hydrogens is 256 g/mol. The maximum Gasteiger partial charge on any atom is 0.235 e. The van der Waals surface area contributed by atoms with E-state index in [1.807, 2.05) is 24.3 Å². The van der Waals surface area contributed by atoms with Crippen molar-refractivity contribution in [1.82, 2.24) is 10.2 Å². The van der Waals surface area contributed by atoms with Gasteiger partial charge in [-0.15, -0.1) is 0 Å². The molecule has 7 aliphatic rings. The summed E-state index contributed by atoms with van der Waals surface area (Å²) in [6.45, 7) is 0. The van der Waals surface area contributed by atoms with E-state index < -0.39 is 17.1 Å². The molecule has 5 heteroatoms. The molecule has 2 spiro atoms. The van der Waals surface area contributed by atoms with Crippen molar-refractivity contribution < 1.29 is 14.7 Å². The number of likely N-dealkylation sites (N-methyl/N-ethyl adjacent to an activating group) is 1. The van der Waals surface area contributed by atoms with Gasteiger partial charge < -0.3 is 15.3 Å². The third-order valence-corrected chi connectivity index (χ3v) is 5.61. The summed E-state index contributed by atoms with van der Waals surface area (Å²) in [4.78, 5) is 27.0. The molecule has 2 N–H and O–H groups in total. The van der Waals surface area contributed by atoms with E-state index in [9.17, 15) is 14.7 Å². The molecule has 0 unspecified atom stereocenters. The summed E-state index contributed by atoms with van der Waals surface area (Å²) < 4.78 is 0. The minimum atomic E-state index is -0.980. The van der Waals surface area contributed by atoms with E-state index in [1.165, 1.54) is 0 Å². The van der Waals surface area contributed by atoms with Crippen LogP contribution >= 0.6 is 0 Å². The number of hydrogen-bond donors (Lipinski definition) is 2. The first kappa shape index (κ1) is 12.1. The topological polar surface area (TPSA) is 69.6 Å². The highest BCUT2D eigenvalue weighted by Crippen LogP contribution is 2.53. The van der Waals surface area contributed by atoms with Crippen LogP contribution in [0.5, 0.6) is 0 Å². The molecule has 5 aliphatic heterocycles. The van der Waals surface area contributed by atoms with Crippen LogP contribution in [-0.2, 0) is 9.59 Å². The maximum atomic E-state index is 12.9. The van der Waals surface area contributed by atoms with Crippen LogP contribution < -0.4 is 5.32 Å². The zero-order valence-electron chi connectivity index (χ0n) is 11.4. The summed E-state index contributed by atoms with van der Waals surface area (Å²) >= 11 is 0. The van der Waals surface area contributed by atoms with Gasteiger partial charge in [0.15, 0.2) is 0 Å². The number of aliphatic hydroxyl groups is 1. The fourth-order valence-electron chi connectivity index (χ4n) is 4.48. The third kappa shape index (κ3) is 1.10. The van der Waals surface area contributed by atoms with Gasteiger partial charge in [0.25, 0.3) is 0 Å². The van der Waals surface area contributed by atoms with E-state index in [0.717, 1.165) is 6.42 Å². The average Bonchev–Trinajstić information content (AvgIpc) is 2.40. The molecule has 2 fully saturated rings. The molecule has 1 saturated carbocycles. The average molecular weight is 274 g/mol. The van der Waals surface area contributed by atoms with Crippen LogP contribution in [0.4, 0.5) is 0 Å². The molecule has 5 nitrogen and oxygen atoms in total. The number of hydrogen-bond acceptors (Lipinski definition) is 3. The zero-order chi connectivity index (χ0) is 14.1. The molecule has 0 aromatic heterocycles. The number of carbonyl (C=O) groups excluding carboxylic acids is 2. The first-order chi connectivity index (χ1) is 9.52. The van der Waals surface area contributed by atoms with Gasteiger partial charge in [0.2, 0.25) is 11.8 Å². The minimum Gasteiger partial charge on any atom is -0.390 e. The number of aliphatic hydroxyl groups excluding tert-OH is 1. The van der Waals surface area contributed by atoms with Gasteiger partial charge in [-0.05, 0) is 19.3 Å². The standard InChI is InChI=1S/C15H18N2O3/c1-17-10-5-7-14(13(17)20)6-2-3-11(18)15(14)8-4-9(10)12(19)16-15/h4-5,7-11,18H,2-3,6H2,1H3,(H,16,19)/t9-,10-,11-,14-,15-/m0/s1. The molecule has 0 aromatic rings. The molecule has 5 heterocycles. The Balaban J connectivity index is 2.03. The monoisotopic (exact) mass is 274 g/mol. The number of nitrogens with one attached hydrogen (secondary N) is 1. The Bertz CT molecular complexity index is 569. The molecule has 106 valence electrons. The fourth-order valence-corrected chi connectivity index (χ4v) is 4.48. The van der Waals surface area contributed by atoms with Gasteiger partial charge in [0, 0.05) is 7.05 Å². The molecule has 1 saturated heterocycles. The normalized spacial score (nSPS) is 48.9. The lowest BCUT2D eigenvalue weighted by molar-refractivity contribution is -0.160. The molecule has 2 aliphatic carbocycles. The highest BCUT2D eigenvalue weighted by molar-refractivity contribution is 5.95. The molecule has 2 amide bonds. The Labute approximate surface area is 117 Å². The summed E-state index contributed by atoms with van der Waals surface area (Å²) in [5.74, 6) is -0.442. The third-order valence-electron chi connectivity index (χ3n) is 5.61. The molecule has 7 rings (SSSR count). The minimum absolute atomic E-state index is 0.0121. The molecular formula is C15H18N2O3. The van der Waals surface area contributed by atoms with Crippen LogP contribution in [0.25, 0.3) is 0 Å². The van der Waals surface area contributed by atoms with E-state index in [0.29, 0.717) is 12.8 Å². The van der Waals surface area contributed by atoms with Gasteiger partial charge in [0.05, 0.1) is 23.5 Å². The van der Waals surface area contributed by atoms with E-state index in [1.54, 1.807) is 11.9 Å². The van der Waals surface area contributed by atoms with Gasteiger partial charge in [-0.25, -0.2) is 0 Å². The Morgan fingerprint density at radius 2 is 2.15 bits per heavy atom. The number of carbonyl (C=O) groups is 2. The largest absolute Gasteiger partial charge is 0.390 e.